The summed E-state index contributed by atoms with van der Waals surface area (Å²) in [4.78, 5) is 11.5. The Bertz CT molecular complexity index is 448. The van der Waals surface area contributed by atoms with Gasteiger partial charge in [-0.3, -0.25) is 4.79 Å². The highest BCUT2D eigenvalue weighted by molar-refractivity contribution is 5.72. The maximum Gasteiger partial charge on any atom is 0.308 e. The Morgan fingerprint density at radius 3 is 2.42 bits per heavy atom. The summed E-state index contributed by atoms with van der Waals surface area (Å²) in [5.74, 6) is 0.0486. The molecular formula is C16H23NO2. The predicted molar refractivity (Wildman–Crippen MR) is 77.3 cm³/mol. The van der Waals surface area contributed by atoms with Crippen LogP contribution < -0.4 is 5.32 Å². The molecule has 2 rings (SSSR count). The van der Waals surface area contributed by atoms with Crippen LogP contribution in [0.5, 0.6) is 0 Å². The van der Waals surface area contributed by atoms with Crippen molar-refractivity contribution in [3.8, 4) is 0 Å². The molecule has 1 aliphatic carbocycles. The summed E-state index contributed by atoms with van der Waals surface area (Å²) >= 11 is 0. The second-order valence-corrected chi connectivity index (χ2v) is 5.52. The van der Waals surface area contributed by atoms with Crippen molar-refractivity contribution >= 4 is 11.7 Å². The molecule has 3 nitrogen and oxygen atoms in total. The normalized spacial score (nSPS) is 22.9. The number of carbonyl (C=O) groups excluding carboxylic acids is 1. The van der Waals surface area contributed by atoms with E-state index in [0.717, 1.165) is 25.7 Å². The molecule has 1 fully saturated rings. The van der Waals surface area contributed by atoms with Crippen LogP contribution in [0, 0.1) is 19.8 Å². The van der Waals surface area contributed by atoms with Gasteiger partial charge in [0.1, 0.15) is 0 Å². The van der Waals surface area contributed by atoms with Crippen molar-refractivity contribution in [3.05, 3.63) is 29.3 Å². The third-order valence-electron chi connectivity index (χ3n) is 4.14. The molecule has 1 aromatic rings. The Labute approximate surface area is 115 Å². The van der Waals surface area contributed by atoms with E-state index in [1.54, 1.807) is 0 Å². The lowest BCUT2D eigenvalue weighted by Crippen LogP contribution is -2.29. The van der Waals surface area contributed by atoms with Gasteiger partial charge in [0.05, 0.1) is 13.0 Å². The Balaban J connectivity index is 1.88. The first-order chi connectivity index (χ1) is 9.10. The number of methoxy groups -OCH3 is 1. The first-order valence-corrected chi connectivity index (χ1v) is 7.01. The molecule has 1 N–H and O–H groups in total. The Hall–Kier alpha value is -1.51. The van der Waals surface area contributed by atoms with Gasteiger partial charge in [0, 0.05) is 11.7 Å². The molecule has 0 aliphatic heterocycles. The molecule has 0 radical (unpaired) electrons. The second-order valence-electron chi connectivity index (χ2n) is 5.52. The minimum atomic E-state index is -0.0513. The van der Waals surface area contributed by atoms with E-state index < -0.39 is 0 Å². The van der Waals surface area contributed by atoms with Crippen molar-refractivity contribution in [2.45, 2.75) is 45.6 Å². The maximum atomic E-state index is 11.5. The third kappa shape index (κ3) is 3.49. The zero-order valence-corrected chi connectivity index (χ0v) is 12.0. The number of rotatable bonds is 3. The highest BCUT2D eigenvalue weighted by atomic mass is 16.5. The fourth-order valence-electron chi connectivity index (χ4n) is 2.71. The van der Waals surface area contributed by atoms with Crippen LogP contribution >= 0.6 is 0 Å². The van der Waals surface area contributed by atoms with Crippen LogP contribution in [-0.4, -0.2) is 19.1 Å². The molecule has 0 atom stereocenters. The van der Waals surface area contributed by atoms with Gasteiger partial charge in [-0.25, -0.2) is 0 Å². The van der Waals surface area contributed by atoms with Crippen LogP contribution in [0.25, 0.3) is 0 Å². The number of ether oxygens (including phenoxy) is 1. The minimum Gasteiger partial charge on any atom is -0.469 e. The standard InChI is InChI=1S/C16H23NO2/c1-11-4-7-15(10-12(11)2)17-14-8-5-13(6-9-14)16(18)19-3/h4,7,10,13-14,17H,5-6,8-9H2,1-3H3. The zero-order chi connectivity index (χ0) is 13.8. The first-order valence-electron chi connectivity index (χ1n) is 7.01. The van der Waals surface area contributed by atoms with Crippen molar-refractivity contribution < 1.29 is 9.53 Å². The summed E-state index contributed by atoms with van der Waals surface area (Å²) in [7, 11) is 1.47. The van der Waals surface area contributed by atoms with E-state index in [2.05, 4.69) is 37.4 Å². The van der Waals surface area contributed by atoms with E-state index >= 15 is 0 Å². The summed E-state index contributed by atoms with van der Waals surface area (Å²) in [6, 6.07) is 6.96. The van der Waals surface area contributed by atoms with Gasteiger partial charge in [-0.1, -0.05) is 6.07 Å². The first kappa shape index (κ1) is 13.9. The fraction of sp³-hybridized carbons (Fsp3) is 0.562. The average molecular weight is 261 g/mol. The smallest absolute Gasteiger partial charge is 0.308 e. The van der Waals surface area contributed by atoms with Crippen molar-refractivity contribution in [1.29, 1.82) is 0 Å². The highest BCUT2D eigenvalue weighted by Gasteiger charge is 2.26. The lowest BCUT2D eigenvalue weighted by atomic mass is 9.86. The number of hydrogen-bond donors (Lipinski definition) is 1. The molecule has 0 aromatic heterocycles. The topological polar surface area (TPSA) is 38.3 Å². The SMILES string of the molecule is COC(=O)C1CCC(Nc2ccc(C)c(C)c2)CC1. The van der Waals surface area contributed by atoms with Crippen LogP contribution in [0.2, 0.25) is 0 Å². The number of esters is 1. The van der Waals surface area contributed by atoms with Crippen LogP contribution in [0.1, 0.15) is 36.8 Å². The molecule has 104 valence electrons. The summed E-state index contributed by atoms with van der Waals surface area (Å²) < 4.78 is 4.81. The number of aryl methyl sites for hydroxylation is 2. The molecule has 1 saturated carbocycles. The van der Waals surface area contributed by atoms with Crippen molar-refractivity contribution in [2.24, 2.45) is 5.92 Å². The molecule has 1 aromatic carbocycles. The quantitative estimate of drug-likeness (QED) is 0.847. The van der Waals surface area contributed by atoms with Crippen LogP contribution in [0.3, 0.4) is 0 Å². The zero-order valence-electron chi connectivity index (χ0n) is 12.0. The third-order valence-corrected chi connectivity index (χ3v) is 4.14. The van der Waals surface area contributed by atoms with Gasteiger partial charge in [0.25, 0.3) is 0 Å². The molecule has 3 heteroatoms. The van der Waals surface area contributed by atoms with E-state index in [9.17, 15) is 4.79 Å². The van der Waals surface area contributed by atoms with E-state index in [-0.39, 0.29) is 11.9 Å². The highest BCUT2D eigenvalue weighted by Crippen LogP contribution is 2.27. The molecule has 0 spiro atoms. The monoisotopic (exact) mass is 261 g/mol. The van der Waals surface area contributed by atoms with Crippen LogP contribution in [-0.2, 0) is 9.53 Å². The number of hydrogen-bond acceptors (Lipinski definition) is 3. The van der Waals surface area contributed by atoms with Gasteiger partial charge in [-0.2, -0.15) is 0 Å². The molecule has 1 aliphatic rings. The van der Waals surface area contributed by atoms with Gasteiger partial charge in [-0.05, 0) is 62.8 Å². The van der Waals surface area contributed by atoms with Gasteiger partial charge >= 0.3 is 5.97 Å². The summed E-state index contributed by atoms with van der Waals surface area (Å²) in [6.45, 7) is 4.26. The minimum absolute atomic E-state index is 0.0513. The second kappa shape index (κ2) is 6.09. The summed E-state index contributed by atoms with van der Waals surface area (Å²) in [6.07, 6.45) is 3.92. The maximum absolute atomic E-state index is 11.5. The van der Waals surface area contributed by atoms with Crippen molar-refractivity contribution in [1.82, 2.24) is 0 Å². The Kier molecular flexibility index (Phi) is 4.46. The largest absolute Gasteiger partial charge is 0.469 e. The number of benzene rings is 1. The number of nitrogens with one attached hydrogen (secondary N) is 1. The predicted octanol–water partition coefficient (Wildman–Crippen LogP) is 3.45. The molecule has 0 bridgehead atoms. The molecule has 0 heterocycles. The van der Waals surface area contributed by atoms with Gasteiger partial charge in [0.2, 0.25) is 0 Å². The van der Waals surface area contributed by atoms with E-state index in [0.29, 0.717) is 6.04 Å². The summed E-state index contributed by atoms with van der Waals surface area (Å²) in [5, 5.41) is 3.57. The van der Waals surface area contributed by atoms with E-state index in [1.807, 2.05) is 0 Å². The average Bonchev–Trinajstić information content (AvgIpc) is 2.43. The lowest BCUT2D eigenvalue weighted by Gasteiger charge is -2.28. The lowest BCUT2D eigenvalue weighted by molar-refractivity contribution is -0.146. The Morgan fingerprint density at radius 2 is 1.84 bits per heavy atom. The van der Waals surface area contributed by atoms with Crippen LogP contribution in [0.4, 0.5) is 5.69 Å². The van der Waals surface area contributed by atoms with Crippen LogP contribution in [0.15, 0.2) is 18.2 Å². The van der Waals surface area contributed by atoms with Gasteiger partial charge in [-0.15, -0.1) is 0 Å². The molecule has 0 unspecified atom stereocenters. The number of carbonyl (C=O) groups is 1. The van der Waals surface area contributed by atoms with Gasteiger partial charge in [0.15, 0.2) is 0 Å². The number of anilines is 1. The molecular weight excluding hydrogens is 238 g/mol. The van der Waals surface area contributed by atoms with Crippen molar-refractivity contribution in [2.75, 3.05) is 12.4 Å². The molecule has 0 amide bonds. The Morgan fingerprint density at radius 1 is 1.16 bits per heavy atom. The van der Waals surface area contributed by atoms with Gasteiger partial charge < -0.3 is 10.1 Å². The molecule has 19 heavy (non-hydrogen) atoms. The van der Waals surface area contributed by atoms with E-state index in [1.165, 1.54) is 23.9 Å². The van der Waals surface area contributed by atoms with Crippen molar-refractivity contribution in [3.63, 3.8) is 0 Å². The molecule has 0 saturated heterocycles. The van der Waals surface area contributed by atoms with E-state index in [4.69, 9.17) is 4.74 Å². The summed E-state index contributed by atoms with van der Waals surface area (Å²) in [5.41, 5.74) is 3.82. The fourth-order valence-corrected chi connectivity index (χ4v) is 2.71.